The molecule has 2 fully saturated rings. The van der Waals surface area contributed by atoms with Crippen molar-refractivity contribution in [1.29, 1.82) is 0 Å². The standard InChI is InChI=1S/C18H24N2O3/c1-3-19-9-12-5-4-6-13-14(12)10-20(18(13)23)15-7-8-16(21)11(2)17(15)22/h4-6,11-12,14-15,19H,3,7-10H2,1-2H3/t11-,12?,14?,15?/m0/s1. The van der Waals surface area contributed by atoms with Gasteiger partial charge in [-0.25, -0.2) is 0 Å². The molecule has 1 saturated carbocycles. The van der Waals surface area contributed by atoms with Crippen LogP contribution >= 0.6 is 0 Å². The van der Waals surface area contributed by atoms with Crippen LogP contribution in [0.2, 0.25) is 0 Å². The zero-order valence-electron chi connectivity index (χ0n) is 13.7. The van der Waals surface area contributed by atoms with E-state index in [9.17, 15) is 14.4 Å². The van der Waals surface area contributed by atoms with Crippen molar-refractivity contribution in [3.8, 4) is 0 Å². The van der Waals surface area contributed by atoms with Gasteiger partial charge in [-0.3, -0.25) is 14.4 Å². The zero-order chi connectivity index (χ0) is 16.6. The molecule has 23 heavy (non-hydrogen) atoms. The first kappa shape index (κ1) is 16.1. The predicted octanol–water partition coefficient (Wildman–Crippen LogP) is 1.10. The third-order valence-electron chi connectivity index (χ3n) is 5.36. The normalized spacial score (nSPS) is 33.9. The molecule has 5 nitrogen and oxygen atoms in total. The number of ketones is 2. The van der Waals surface area contributed by atoms with Gasteiger partial charge in [0.15, 0.2) is 5.78 Å². The molecule has 1 aliphatic heterocycles. The van der Waals surface area contributed by atoms with Crippen molar-refractivity contribution < 1.29 is 14.4 Å². The van der Waals surface area contributed by atoms with Crippen molar-refractivity contribution in [2.75, 3.05) is 19.6 Å². The molecule has 3 unspecified atom stereocenters. The quantitative estimate of drug-likeness (QED) is 0.789. The average Bonchev–Trinajstić information content (AvgIpc) is 2.88. The van der Waals surface area contributed by atoms with Gasteiger partial charge in [0.2, 0.25) is 0 Å². The minimum atomic E-state index is -0.575. The number of amides is 1. The van der Waals surface area contributed by atoms with Crippen LogP contribution in [0, 0.1) is 17.8 Å². The number of nitrogens with zero attached hydrogens (tertiary/aromatic N) is 1. The molecular weight excluding hydrogens is 292 g/mol. The summed E-state index contributed by atoms with van der Waals surface area (Å²) in [4.78, 5) is 38.7. The molecule has 2 aliphatic carbocycles. The van der Waals surface area contributed by atoms with E-state index in [4.69, 9.17) is 0 Å². The summed E-state index contributed by atoms with van der Waals surface area (Å²) in [5.41, 5.74) is 0.813. The number of Topliss-reactive ketones (excluding diaryl/α,β-unsaturated/α-hetero) is 2. The molecule has 3 aliphatic rings. The molecule has 1 saturated heterocycles. The smallest absolute Gasteiger partial charge is 0.250 e. The van der Waals surface area contributed by atoms with E-state index in [1.54, 1.807) is 11.8 Å². The molecule has 124 valence electrons. The van der Waals surface area contributed by atoms with Gasteiger partial charge >= 0.3 is 0 Å². The summed E-state index contributed by atoms with van der Waals surface area (Å²) in [6, 6.07) is -0.429. The largest absolute Gasteiger partial charge is 0.328 e. The van der Waals surface area contributed by atoms with Crippen LogP contribution in [0.25, 0.3) is 0 Å². The highest BCUT2D eigenvalue weighted by atomic mass is 16.2. The molecule has 0 radical (unpaired) electrons. The SMILES string of the molecule is CCNCC1C=CC=C2C(=O)N(C3CCC(=O)[C@H](C)C3=O)CC21. The first-order valence-electron chi connectivity index (χ1n) is 8.51. The van der Waals surface area contributed by atoms with Crippen LogP contribution in [0.3, 0.4) is 0 Å². The molecule has 0 aromatic carbocycles. The number of likely N-dealkylation sites (tertiary alicyclic amines) is 1. The van der Waals surface area contributed by atoms with E-state index < -0.39 is 12.0 Å². The Balaban J connectivity index is 1.78. The maximum absolute atomic E-state index is 12.8. The summed E-state index contributed by atoms with van der Waals surface area (Å²) >= 11 is 0. The summed E-state index contributed by atoms with van der Waals surface area (Å²) in [5, 5.41) is 3.34. The molecule has 1 amide bonds. The van der Waals surface area contributed by atoms with Gasteiger partial charge in [0, 0.05) is 31.0 Å². The van der Waals surface area contributed by atoms with Gasteiger partial charge in [-0.05, 0) is 25.8 Å². The molecule has 5 heteroatoms. The number of fused-ring (bicyclic) bond motifs is 1. The van der Waals surface area contributed by atoms with Crippen LogP contribution in [0.1, 0.15) is 26.7 Å². The van der Waals surface area contributed by atoms with Gasteiger partial charge in [-0.15, -0.1) is 0 Å². The molecule has 3 rings (SSSR count). The predicted molar refractivity (Wildman–Crippen MR) is 86.7 cm³/mol. The number of hydrogen-bond acceptors (Lipinski definition) is 4. The van der Waals surface area contributed by atoms with Gasteiger partial charge in [0.1, 0.15) is 5.78 Å². The van der Waals surface area contributed by atoms with E-state index in [1.165, 1.54) is 0 Å². The highest BCUT2D eigenvalue weighted by molar-refractivity contribution is 6.09. The number of allylic oxidation sites excluding steroid dienone is 2. The summed E-state index contributed by atoms with van der Waals surface area (Å²) in [5.74, 6) is -0.269. The number of carbonyl (C=O) groups is 3. The Morgan fingerprint density at radius 2 is 2.09 bits per heavy atom. The van der Waals surface area contributed by atoms with Gasteiger partial charge in [-0.2, -0.15) is 0 Å². The summed E-state index contributed by atoms with van der Waals surface area (Å²) in [6.45, 7) is 6.05. The van der Waals surface area contributed by atoms with Crippen molar-refractivity contribution >= 4 is 17.5 Å². The van der Waals surface area contributed by atoms with Crippen molar-refractivity contribution in [1.82, 2.24) is 10.2 Å². The van der Waals surface area contributed by atoms with Crippen LogP contribution in [-0.2, 0) is 14.4 Å². The maximum Gasteiger partial charge on any atom is 0.250 e. The van der Waals surface area contributed by atoms with Gasteiger partial charge < -0.3 is 10.2 Å². The molecule has 0 bridgehead atoms. The fraction of sp³-hybridized carbons (Fsp3) is 0.611. The van der Waals surface area contributed by atoms with E-state index in [0.29, 0.717) is 19.4 Å². The third kappa shape index (κ3) is 2.78. The Bertz CT molecular complexity index is 593. The Morgan fingerprint density at radius 3 is 2.83 bits per heavy atom. The molecule has 4 atom stereocenters. The highest BCUT2D eigenvalue weighted by Gasteiger charge is 2.46. The Morgan fingerprint density at radius 1 is 1.30 bits per heavy atom. The molecule has 0 aromatic heterocycles. The summed E-state index contributed by atoms with van der Waals surface area (Å²) < 4.78 is 0. The second-order valence-corrected chi connectivity index (χ2v) is 6.69. The number of carbonyl (C=O) groups excluding carboxylic acids is 3. The van der Waals surface area contributed by atoms with Gasteiger partial charge in [0.25, 0.3) is 5.91 Å². The Kier molecular flexibility index (Phi) is 4.48. The van der Waals surface area contributed by atoms with Crippen molar-refractivity contribution in [2.45, 2.75) is 32.7 Å². The first-order valence-corrected chi connectivity index (χ1v) is 8.51. The van der Waals surface area contributed by atoms with Crippen LogP contribution < -0.4 is 5.32 Å². The minimum absolute atomic E-state index is 0.00113. The van der Waals surface area contributed by atoms with E-state index in [0.717, 1.165) is 18.7 Å². The molecule has 1 N–H and O–H groups in total. The fourth-order valence-electron chi connectivity index (χ4n) is 3.90. The van der Waals surface area contributed by atoms with E-state index in [-0.39, 0.29) is 29.3 Å². The van der Waals surface area contributed by atoms with Crippen molar-refractivity contribution in [3.05, 3.63) is 23.8 Å². The van der Waals surface area contributed by atoms with Crippen molar-refractivity contribution in [2.24, 2.45) is 17.8 Å². The monoisotopic (exact) mass is 316 g/mol. The van der Waals surface area contributed by atoms with E-state index in [2.05, 4.69) is 18.3 Å². The van der Waals surface area contributed by atoms with Crippen LogP contribution in [0.15, 0.2) is 23.8 Å². The van der Waals surface area contributed by atoms with Crippen molar-refractivity contribution in [3.63, 3.8) is 0 Å². The van der Waals surface area contributed by atoms with E-state index in [1.807, 2.05) is 12.2 Å². The lowest BCUT2D eigenvalue weighted by atomic mass is 9.83. The Hall–Kier alpha value is -1.75. The highest BCUT2D eigenvalue weighted by Crippen LogP contribution is 2.37. The van der Waals surface area contributed by atoms with Crippen LogP contribution in [0.5, 0.6) is 0 Å². The second kappa shape index (κ2) is 6.40. The topological polar surface area (TPSA) is 66.5 Å². The number of rotatable bonds is 4. The summed E-state index contributed by atoms with van der Waals surface area (Å²) in [7, 11) is 0. The zero-order valence-corrected chi connectivity index (χ0v) is 13.7. The third-order valence-corrected chi connectivity index (χ3v) is 5.36. The number of hydrogen-bond donors (Lipinski definition) is 1. The van der Waals surface area contributed by atoms with E-state index >= 15 is 0 Å². The molecule has 0 aromatic rings. The summed E-state index contributed by atoms with van der Waals surface area (Å²) in [6.07, 6.45) is 6.84. The molecule has 1 heterocycles. The lowest BCUT2D eigenvalue weighted by Gasteiger charge is -2.32. The second-order valence-electron chi connectivity index (χ2n) is 6.69. The lowest BCUT2D eigenvalue weighted by Crippen LogP contribution is -2.49. The maximum atomic E-state index is 12.8. The van der Waals surface area contributed by atoms with Gasteiger partial charge in [-0.1, -0.05) is 25.2 Å². The van der Waals surface area contributed by atoms with Crippen LogP contribution in [0.4, 0.5) is 0 Å². The number of nitrogens with one attached hydrogen (secondary N) is 1. The fourth-order valence-corrected chi connectivity index (χ4v) is 3.90. The Labute approximate surface area is 136 Å². The van der Waals surface area contributed by atoms with Crippen LogP contribution in [-0.4, -0.2) is 48.0 Å². The average molecular weight is 316 g/mol. The minimum Gasteiger partial charge on any atom is -0.328 e. The van der Waals surface area contributed by atoms with Gasteiger partial charge in [0.05, 0.1) is 12.0 Å². The molecular formula is C18H24N2O3. The molecule has 0 spiro atoms. The first-order chi connectivity index (χ1) is 11.0. The lowest BCUT2D eigenvalue weighted by molar-refractivity contribution is -0.143.